The van der Waals surface area contributed by atoms with Crippen LogP contribution in [0.5, 0.6) is 0 Å². The van der Waals surface area contributed by atoms with E-state index in [1.165, 1.54) is 0 Å². The van der Waals surface area contributed by atoms with Crippen LogP contribution < -0.4 is 0 Å². The Morgan fingerprint density at radius 2 is 2.42 bits per heavy atom. The molecule has 4 heteroatoms. The number of hydrogen-bond donors (Lipinski definition) is 0. The van der Waals surface area contributed by atoms with Crippen molar-refractivity contribution in [2.75, 3.05) is 0 Å². The average molecular weight is 310 g/mol. The van der Waals surface area contributed by atoms with Gasteiger partial charge >= 0.3 is 0 Å². The highest BCUT2D eigenvalue weighted by molar-refractivity contribution is 14.1. The van der Waals surface area contributed by atoms with Crippen LogP contribution in [-0.4, -0.2) is 0 Å². The van der Waals surface area contributed by atoms with Crippen LogP contribution in [0.15, 0.2) is 17.0 Å². The maximum absolute atomic E-state index is 8.60. The monoisotopic (exact) mass is 309 g/mol. The number of thiophene rings is 1. The van der Waals surface area contributed by atoms with Crippen molar-refractivity contribution < 1.29 is 0 Å². The molecule has 0 fully saturated rings. The number of halogens is 2. The van der Waals surface area contributed by atoms with E-state index in [1.54, 1.807) is 18.3 Å². The molecule has 1 nitrogen and oxygen atoms in total. The number of allylic oxidation sites excluding steroid dienone is 1. The molecule has 0 saturated heterocycles. The molecule has 0 atom stereocenters. The van der Waals surface area contributed by atoms with E-state index < -0.39 is 0 Å². The number of nitrogens with zero attached hydrogens (tertiary/aromatic N) is 1. The van der Waals surface area contributed by atoms with E-state index in [0.717, 1.165) is 8.45 Å². The van der Waals surface area contributed by atoms with Crippen molar-refractivity contribution in [3.63, 3.8) is 0 Å². The smallest absolute Gasteiger partial charge is 0.0960 e. The lowest BCUT2D eigenvalue weighted by Crippen LogP contribution is -1.78. The van der Waals surface area contributed by atoms with Gasteiger partial charge in [-0.15, -0.1) is 11.3 Å². The summed E-state index contributed by atoms with van der Waals surface area (Å²) in [7, 11) is 0. The summed E-state index contributed by atoms with van der Waals surface area (Å²) in [5, 5.41) is 11.1. The first-order valence-corrected chi connectivity index (χ1v) is 5.50. The molecule has 1 aromatic heterocycles. The topological polar surface area (TPSA) is 23.8 Å². The minimum absolute atomic E-state index is 0.567. The molecule has 0 aliphatic heterocycles. The van der Waals surface area contributed by atoms with Gasteiger partial charge in [-0.3, -0.25) is 0 Å². The van der Waals surface area contributed by atoms with E-state index in [-0.39, 0.29) is 0 Å². The molecular formula is C8H5ClINS. The molecule has 0 aliphatic rings. The zero-order valence-electron chi connectivity index (χ0n) is 6.27. The fourth-order valence-corrected chi connectivity index (χ4v) is 2.96. The Bertz CT molecular complexity index is 361. The van der Waals surface area contributed by atoms with Gasteiger partial charge in [0.1, 0.15) is 0 Å². The molecule has 0 amide bonds. The molecule has 0 N–H and O–H groups in total. The molecular weight excluding hydrogens is 305 g/mol. The molecule has 1 heterocycles. The summed E-state index contributed by atoms with van der Waals surface area (Å²) >= 11 is 9.72. The third-order valence-corrected chi connectivity index (χ3v) is 4.09. The van der Waals surface area contributed by atoms with Gasteiger partial charge in [0, 0.05) is 9.14 Å². The third-order valence-electron chi connectivity index (χ3n) is 1.31. The molecule has 0 aliphatic carbocycles. The Morgan fingerprint density at radius 1 is 1.75 bits per heavy atom. The second kappa shape index (κ2) is 4.26. The molecule has 62 valence electrons. The standard InChI is InChI=1S/C8H5ClINS/c1-5(4-11)7(9)8-6(10)2-3-12-8/h2-3H,1H3/b7-5-. The normalized spacial score (nSPS) is 12.2. The Labute approximate surface area is 93.8 Å². The summed E-state index contributed by atoms with van der Waals surface area (Å²) in [5.41, 5.74) is 0.567. The van der Waals surface area contributed by atoms with E-state index in [1.807, 2.05) is 17.5 Å². The fourth-order valence-electron chi connectivity index (χ4n) is 0.670. The van der Waals surface area contributed by atoms with Crippen molar-refractivity contribution >= 4 is 50.6 Å². The number of rotatable bonds is 1. The van der Waals surface area contributed by atoms with Crippen LogP contribution >= 0.6 is 45.5 Å². The van der Waals surface area contributed by atoms with Crippen molar-refractivity contribution in [3.05, 3.63) is 25.5 Å². The van der Waals surface area contributed by atoms with Gasteiger partial charge in [-0.1, -0.05) is 11.6 Å². The van der Waals surface area contributed by atoms with Crippen molar-refractivity contribution in [1.29, 1.82) is 5.26 Å². The third kappa shape index (κ3) is 2.00. The van der Waals surface area contributed by atoms with Crippen LogP contribution in [0.1, 0.15) is 11.8 Å². The van der Waals surface area contributed by atoms with Gasteiger partial charge in [0.15, 0.2) is 0 Å². The second-order valence-corrected chi connectivity index (χ2v) is 4.60. The van der Waals surface area contributed by atoms with E-state index in [4.69, 9.17) is 16.9 Å². The molecule has 1 rings (SSSR count). The zero-order chi connectivity index (χ0) is 9.14. The lowest BCUT2D eigenvalue weighted by Gasteiger charge is -1.95. The Morgan fingerprint density at radius 3 is 2.83 bits per heavy atom. The average Bonchev–Trinajstić information content (AvgIpc) is 2.48. The lowest BCUT2D eigenvalue weighted by atomic mass is 10.3. The highest BCUT2D eigenvalue weighted by Gasteiger charge is 2.07. The maximum atomic E-state index is 8.60. The van der Waals surface area contributed by atoms with E-state index in [9.17, 15) is 0 Å². The first-order valence-electron chi connectivity index (χ1n) is 3.16. The summed E-state index contributed by atoms with van der Waals surface area (Å²) in [5.74, 6) is 0. The second-order valence-electron chi connectivity index (χ2n) is 2.15. The molecule has 0 radical (unpaired) electrons. The van der Waals surface area contributed by atoms with Crippen molar-refractivity contribution in [1.82, 2.24) is 0 Å². The molecule has 0 aromatic carbocycles. The van der Waals surface area contributed by atoms with Crippen LogP contribution in [0.3, 0.4) is 0 Å². The van der Waals surface area contributed by atoms with Gasteiger partial charge in [0.25, 0.3) is 0 Å². The summed E-state index contributed by atoms with van der Waals surface area (Å²) in [6.45, 7) is 1.72. The van der Waals surface area contributed by atoms with Gasteiger partial charge in [-0.2, -0.15) is 5.26 Å². The summed E-state index contributed by atoms with van der Waals surface area (Å²) in [4.78, 5) is 0.983. The fraction of sp³-hybridized carbons (Fsp3) is 0.125. The summed E-state index contributed by atoms with van der Waals surface area (Å²) in [6.07, 6.45) is 0. The first kappa shape index (κ1) is 10.0. The predicted octanol–water partition coefficient (Wildman–Crippen LogP) is 3.85. The number of nitriles is 1. The number of hydrogen-bond acceptors (Lipinski definition) is 2. The van der Waals surface area contributed by atoms with E-state index >= 15 is 0 Å². The minimum Gasteiger partial charge on any atom is -0.193 e. The van der Waals surface area contributed by atoms with Gasteiger partial charge in [-0.25, -0.2) is 0 Å². The first-order chi connectivity index (χ1) is 5.66. The highest BCUT2D eigenvalue weighted by Crippen LogP contribution is 2.31. The highest BCUT2D eigenvalue weighted by atomic mass is 127. The Kier molecular flexibility index (Phi) is 3.56. The molecule has 0 spiro atoms. The molecule has 0 unspecified atom stereocenters. The van der Waals surface area contributed by atoms with E-state index in [0.29, 0.717) is 10.6 Å². The summed E-state index contributed by atoms with van der Waals surface area (Å²) in [6, 6.07) is 4.01. The van der Waals surface area contributed by atoms with Crippen molar-refractivity contribution in [3.8, 4) is 6.07 Å². The minimum atomic E-state index is 0.567. The summed E-state index contributed by atoms with van der Waals surface area (Å²) < 4.78 is 1.09. The van der Waals surface area contributed by atoms with Gasteiger partial charge in [0.05, 0.1) is 16.0 Å². The molecule has 12 heavy (non-hydrogen) atoms. The zero-order valence-corrected chi connectivity index (χ0v) is 10.00. The SMILES string of the molecule is C/C(C#N)=C(/Cl)c1sccc1I. The molecule has 0 bridgehead atoms. The van der Waals surface area contributed by atoms with Crippen LogP contribution in [0, 0.1) is 14.9 Å². The van der Waals surface area contributed by atoms with Crippen molar-refractivity contribution in [2.45, 2.75) is 6.92 Å². The van der Waals surface area contributed by atoms with Crippen LogP contribution in [0.2, 0.25) is 0 Å². The Balaban J connectivity index is 3.18. The predicted molar refractivity (Wildman–Crippen MR) is 61.1 cm³/mol. The van der Waals surface area contributed by atoms with Gasteiger partial charge in [0.2, 0.25) is 0 Å². The molecule has 1 aromatic rings. The largest absolute Gasteiger partial charge is 0.193 e. The van der Waals surface area contributed by atoms with Gasteiger partial charge < -0.3 is 0 Å². The lowest BCUT2D eigenvalue weighted by molar-refractivity contribution is 1.46. The Hall–Kier alpha value is -0.0500. The molecule has 0 saturated carbocycles. The maximum Gasteiger partial charge on any atom is 0.0960 e. The van der Waals surface area contributed by atoms with Crippen LogP contribution in [-0.2, 0) is 0 Å². The quantitative estimate of drug-likeness (QED) is 0.571. The van der Waals surface area contributed by atoms with Crippen LogP contribution in [0.25, 0.3) is 5.03 Å². The van der Waals surface area contributed by atoms with Crippen molar-refractivity contribution in [2.24, 2.45) is 0 Å². The van der Waals surface area contributed by atoms with Gasteiger partial charge in [-0.05, 0) is 41.0 Å². The van der Waals surface area contributed by atoms with Crippen LogP contribution in [0.4, 0.5) is 0 Å². The van der Waals surface area contributed by atoms with E-state index in [2.05, 4.69) is 22.6 Å².